The van der Waals surface area contributed by atoms with Crippen LogP contribution >= 0.6 is 0 Å². The topological polar surface area (TPSA) is 91.9 Å². The quantitative estimate of drug-likeness (QED) is 0.448. The number of ketones is 1. The second kappa shape index (κ2) is 7.55. The number of aromatic amines is 1. The van der Waals surface area contributed by atoms with Gasteiger partial charge in [-0.3, -0.25) is 9.52 Å². The molecule has 158 valence electrons. The van der Waals surface area contributed by atoms with E-state index in [2.05, 4.69) is 9.97 Å². The molecule has 0 aliphatic heterocycles. The van der Waals surface area contributed by atoms with E-state index in [-0.39, 0.29) is 5.56 Å². The number of fused-ring (bicyclic) bond motifs is 1. The molecule has 0 unspecified atom stereocenters. The van der Waals surface area contributed by atoms with Crippen LogP contribution in [0.1, 0.15) is 21.5 Å². The Morgan fingerprint density at radius 3 is 2.61 bits per heavy atom. The standard InChI is InChI=1S/C21H14F3N3O3S/c1-11-7-14-15(10-26-21(14)25-9-11)20(28)18-16(23)5-6-17(19(18)24)27-31(29,30)13-4-2-3-12(22)8-13/h2-10,27H,1H3,(H,25,26). The highest BCUT2D eigenvalue weighted by Gasteiger charge is 2.26. The van der Waals surface area contributed by atoms with E-state index in [1.807, 2.05) is 4.72 Å². The molecule has 0 spiro atoms. The number of pyridine rings is 1. The molecule has 0 saturated heterocycles. The molecule has 6 nitrogen and oxygen atoms in total. The van der Waals surface area contributed by atoms with Crippen LogP contribution in [0.15, 0.2) is 59.8 Å². The van der Waals surface area contributed by atoms with Gasteiger partial charge in [-0.2, -0.15) is 0 Å². The number of nitrogens with one attached hydrogen (secondary N) is 2. The minimum Gasteiger partial charge on any atom is -0.345 e. The Balaban J connectivity index is 1.77. The van der Waals surface area contributed by atoms with E-state index < -0.39 is 49.4 Å². The fourth-order valence-electron chi connectivity index (χ4n) is 3.11. The molecule has 0 aliphatic carbocycles. The normalized spacial score (nSPS) is 11.6. The van der Waals surface area contributed by atoms with E-state index in [4.69, 9.17) is 0 Å². The summed E-state index contributed by atoms with van der Waals surface area (Å²) >= 11 is 0. The highest BCUT2D eigenvalue weighted by atomic mass is 32.2. The summed E-state index contributed by atoms with van der Waals surface area (Å²) in [6, 6.07) is 7.34. The Bertz CT molecular complexity index is 1450. The zero-order chi connectivity index (χ0) is 22.3. The number of aryl methyl sites for hydroxylation is 1. The molecule has 0 aliphatic rings. The van der Waals surface area contributed by atoms with Crippen LogP contribution in [0.25, 0.3) is 11.0 Å². The van der Waals surface area contributed by atoms with Crippen molar-refractivity contribution in [3.05, 3.63) is 89.0 Å². The number of benzene rings is 2. The van der Waals surface area contributed by atoms with Gasteiger partial charge in [-0.15, -0.1) is 0 Å². The van der Waals surface area contributed by atoms with Crippen molar-refractivity contribution >= 4 is 32.5 Å². The Kier molecular flexibility index (Phi) is 5.02. The third-order valence-electron chi connectivity index (χ3n) is 4.58. The first kappa shape index (κ1) is 20.6. The summed E-state index contributed by atoms with van der Waals surface area (Å²) in [5.41, 5.74) is -0.504. The molecule has 0 saturated carbocycles. The predicted molar refractivity (Wildman–Crippen MR) is 108 cm³/mol. The van der Waals surface area contributed by atoms with Crippen molar-refractivity contribution in [2.75, 3.05) is 4.72 Å². The summed E-state index contributed by atoms with van der Waals surface area (Å²) in [6.07, 6.45) is 2.85. The van der Waals surface area contributed by atoms with Gasteiger partial charge in [0.15, 0.2) is 5.82 Å². The summed E-state index contributed by atoms with van der Waals surface area (Å²) in [6.45, 7) is 1.75. The van der Waals surface area contributed by atoms with Crippen molar-refractivity contribution in [1.82, 2.24) is 9.97 Å². The van der Waals surface area contributed by atoms with Crippen LogP contribution in [0.4, 0.5) is 18.9 Å². The van der Waals surface area contributed by atoms with Crippen molar-refractivity contribution in [2.45, 2.75) is 11.8 Å². The van der Waals surface area contributed by atoms with Crippen molar-refractivity contribution in [1.29, 1.82) is 0 Å². The van der Waals surface area contributed by atoms with E-state index >= 15 is 4.39 Å². The van der Waals surface area contributed by atoms with Crippen LogP contribution in [0, 0.1) is 24.4 Å². The summed E-state index contributed by atoms with van der Waals surface area (Å²) in [5, 5.41) is 0.370. The van der Waals surface area contributed by atoms with Gasteiger partial charge in [-0.25, -0.2) is 26.6 Å². The molecule has 4 rings (SSSR count). The second-order valence-electron chi connectivity index (χ2n) is 6.79. The molecule has 0 amide bonds. The van der Waals surface area contributed by atoms with E-state index in [0.717, 1.165) is 35.9 Å². The van der Waals surface area contributed by atoms with Gasteiger partial charge in [-0.05, 0) is 48.9 Å². The first-order chi connectivity index (χ1) is 14.7. The number of anilines is 1. The van der Waals surface area contributed by atoms with Crippen molar-refractivity contribution in [3.8, 4) is 0 Å². The lowest BCUT2D eigenvalue weighted by Gasteiger charge is -2.12. The molecule has 2 aromatic carbocycles. The van der Waals surface area contributed by atoms with E-state index in [1.54, 1.807) is 19.2 Å². The van der Waals surface area contributed by atoms with E-state index in [1.165, 1.54) is 12.3 Å². The van der Waals surface area contributed by atoms with E-state index in [0.29, 0.717) is 11.0 Å². The van der Waals surface area contributed by atoms with Gasteiger partial charge in [0.25, 0.3) is 10.0 Å². The predicted octanol–water partition coefficient (Wildman–Crippen LogP) is 4.32. The maximum absolute atomic E-state index is 15.1. The van der Waals surface area contributed by atoms with Crippen molar-refractivity contribution in [2.24, 2.45) is 0 Å². The molecular formula is C21H14F3N3O3S. The SMILES string of the molecule is Cc1cnc2[nH]cc(C(=O)c3c(F)ccc(NS(=O)(=O)c4cccc(F)c4)c3F)c2c1. The minimum absolute atomic E-state index is 0.0193. The van der Waals surface area contributed by atoms with Gasteiger partial charge in [0, 0.05) is 23.3 Å². The zero-order valence-corrected chi connectivity index (χ0v) is 16.7. The molecular weight excluding hydrogens is 431 g/mol. The molecule has 2 heterocycles. The third kappa shape index (κ3) is 3.77. The summed E-state index contributed by atoms with van der Waals surface area (Å²) in [5.74, 6) is -4.34. The van der Waals surface area contributed by atoms with Crippen molar-refractivity contribution < 1.29 is 26.4 Å². The first-order valence-electron chi connectivity index (χ1n) is 8.92. The lowest BCUT2D eigenvalue weighted by atomic mass is 10.0. The van der Waals surface area contributed by atoms with Gasteiger partial charge in [0.2, 0.25) is 5.78 Å². The van der Waals surface area contributed by atoms with Crippen LogP contribution in [-0.4, -0.2) is 24.2 Å². The zero-order valence-electron chi connectivity index (χ0n) is 15.9. The lowest BCUT2D eigenvalue weighted by Crippen LogP contribution is -2.16. The number of carbonyl (C=O) groups excluding carboxylic acids is 1. The van der Waals surface area contributed by atoms with Crippen LogP contribution in [0.5, 0.6) is 0 Å². The van der Waals surface area contributed by atoms with Crippen LogP contribution < -0.4 is 4.72 Å². The van der Waals surface area contributed by atoms with Gasteiger partial charge < -0.3 is 4.98 Å². The average Bonchev–Trinajstić information content (AvgIpc) is 3.13. The number of nitrogens with zero attached hydrogens (tertiary/aromatic N) is 1. The van der Waals surface area contributed by atoms with Gasteiger partial charge in [0.1, 0.15) is 17.3 Å². The molecule has 0 atom stereocenters. The highest BCUT2D eigenvalue weighted by molar-refractivity contribution is 7.92. The summed E-state index contributed by atoms with van der Waals surface area (Å²) in [4.78, 5) is 19.4. The molecule has 31 heavy (non-hydrogen) atoms. The number of rotatable bonds is 5. The van der Waals surface area contributed by atoms with E-state index in [9.17, 15) is 22.0 Å². The molecule has 2 N–H and O–H groups in total. The maximum Gasteiger partial charge on any atom is 0.262 e. The van der Waals surface area contributed by atoms with Gasteiger partial charge in [0.05, 0.1) is 16.1 Å². The summed E-state index contributed by atoms with van der Waals surface area (Å²) in [7, 11) is -4.39. The fraction of sp³-hybridized carbons (Fsp3) is 0.0476. The molecule has 0 bridgehead atoms. The van der Waals surface area contributed by atoms with Crippen molar-refractivity contribution in [3.63, 3.8) is 0 Å². The monoisotopic (exact) mass is 445 g/mol. The molecule has 10 heteroatoms. The van der Waals surface area contributed by atoms with Gasteiger partial charge in [-0.1, -0.05) is 6.07 Å². The molecule has 0 radical (unpaired) electrons. The largest absolute Gasteiger partial charge is 0.345 e. The third-order valence-corrected chi connectivity index (χ3v) is 5.94. The molecule has 4 aromatic rings. The minimum atomic E-state index is -4.39. The fourth-order valence-corrected chi connectivity index (χ4v) is 4.20. The number of H-pyrrole nitrogens is 1. The second-order valence-corrected chi connectivity index (χ2v) is 8.47. The first-order valence-corrected chi connectivity index (χ1v) is 10.4. The van der Waals surface area contributed by atoms with Crippen LogP contribution in [0.2, 0.25) is 0 Å². The lowest BCUT2D eigenvalue weighted by molar-refractivity contribution is 0.103. The average molecular weight is 445 g/mol. The number of hydrogen-bond acceptors (Lipinski definition) is 4. The van der Waals surface area contributed by atoms with Crippen LogP contribution in [0.3, 0.4) is 0 Å². The number of sulfonamides is 1. The Morgan fingerprint density at radius 2 is 1.87 bits per heavy atom. The van der Waals surface area contributed by atoms with Gasteiger partial charge >= 0.3 is 0 Å². The summed E-state index contributed by atoms with van der Waals surface area (Å²) < 4.78 is 69.8. The Morgan fingerprint density at radius 1 is 1.10 bits per heavy atom. The Labute approximate surface area is 174 Å². The highest BCUT2D eigenvalue weighted by Crippen LogP contribution is 2.28. The maximum atomic E-state index is 15.1. The van der Waals surface area contributed by atoms with Crippen LogP contribution in [-0.2, 0) is 10.0 Å². The number of hydrogen-bond donors (Lipinski definition) is 2. The number of carbonyl (C=O) groups is 1. The smallest absolute Gasteiger partial charge is 0.262 e. The number of halogens is 3. The molecule has 2 aromatic heterocycles. The Hall–Kier alpha value is -3.66. The molecule has 0 fully saturated rings. The number of aromatic nitrogens is 2.